The van der Waals surface area contributed by atoms with Gasteiger partial charge in [-0.05, 0) is 37.1 Å². The maximum Gasteiger partial charge on any atom is 0.270 e. The van der Waals surface area contributed by atoms with Gasteiger partial charge in [-0.3, -0.25) is 9.78 Å². The van der Waals surface area contributed by atoms with Crippen LogP contribution in [-0.2, 0) is 0 Å². The third-order valence-electron chi connectivity index (χ3n) is 4.36. The van der Waals surface area contributed by atoms with Crippen LogP contribution in [0.2, 0.25) is 0 Å². The van der Waals surface area contributed by atoms with Gasteiger partial charge >= 0.3 is 0 Å². The number of carbonyl (C=O) groups is 1. The fourth-order valence-electron chi connectivity index (χ4n) is 3.04. The highest BCUT2D eigenvalue weighted by Gasteiger charge is 2.18. The normalized spacial score (nSPS) is 14.2. The zero-order valence-electron chi connectivity index (χ0n) is 14.5. The molecule has 2 N–H and O–H groups in total. The number of aromatic nitrogens is 1. The Morgan fingerprint density at radius 3 is 2.48 bits per heavy atom. The van der Waals surface area contributed by atoms with Crippen molar-refractivity contribution in [2.24, 2.45) is 0 Å². The summed E-state index contributed by atoms with van der Waals surface area (Å²) in [5.74, 6) is 1.18. The Kier molecular flexibility index (Phi) is 5.38. The van der Waals surface area contributed by atoms with Gasteiger partial charge in [0.25, 0.3) is 5.91 Å². The average molecular weight is 341 g/mol. The fraction of sp³-hybridized carbons (Fsp3) is 0.368. The van der Waals surface area contributed by atoms with Crippen molar-refractivity contribution in [1.29, 1.82) is 0 Å². The van der Waals surface area contributed by atoms with E-state index in [4.69, 9.17) is 9.47 Å². The van der Waals surface area contributed by atoms with Crippen molar-refractivity contribution in [3.8, 4) is 11.5 Å². The van der Waals surface area contributed by atoms with Gasteiger partial charge in [0.2, 0.25) is 0 Å². The van der Waals surface area contributed by atoms with E-state index in [1.807, 2.05) is 24.3 Å². The largest absolute Gasteiger partial charge is 0.493 e. The molecule has 25 heavy (non-hydrogen) atoms. The van der Waals surface area contributed by atoms with Crippen molar-refractivity contribution in [3.05, 3.63) is 42.2 Å². The number of hydrogen-bond acceptors (Lipinski definition) is 5. The van der Waals surface area contributed by atoms with Crippen LogP contribution < -0.4 is 20.1 Å². The van der Waals surface area contributed by atoms with E-state index in [-0.39, 0.29) is 11.9 Å². The number of anilines is 2. The predicted octanol–water partition coefficient (Wildman–Crippen LogP) is 3.51. The summed E-state index contributed by atoms with van der Waals surface area (Å²) in [6.07, 6.45) is 6.09. The highest BCUT2D eigenvalue weighted by molar-refractivity contribution is 5.93. The summed E-state index contributed by atoms with van der Waals surface area (Å²) >= 11 is 0. The van der Waals surface area contributed by atoms with Gasteiger partial charge in [0.1, 0.15) is 5.69 Å². The summed E-state index contributed by atoms with van der Waals surface area (Å²) < 4.78 is 10.5. The van der Waals surface area contributed by atoms with Crippen LogP contribution in [0.5, 0.6) is 11.5 Å². The molecule has 0 radical (unpaired) electrons. The fourth-order valence-corrected chi connectivity index (χ4v) is 3.04. The Morgan fingerprint density at radius 1 is 1.04 bits per heavy atom. The van der Waals surface area contributed by atoms with Gasteiger partial charge in [-0.2, -0.15) is 0 Å². The minimum Gasteiger partial charge on any atom is -0.493 e. The van der Waals surface area contributed by atoms with Crippen LogP contribution in [0.3, 0.4) is 0 Å². The molecule has 1 amide bonds. The minimum atomic E-state index is -0.122. The van der Waals surface area contributed by atoms with Crippen LogP contribution in [-0.4, -0.2) is 31.2 Å². The molecule has 0 atom stereocenters. The molecule has 1 saturated carbocycles. The molecular formula is C19H23N3O3. The van der Waals surface area contributed by atoms with Gasteiger partial charge in [-0.15, -0.1) is 0 Å². The molecule has 0 bridgehead atoms. The van der Waals surface area contributed by atoms with Gasteiger partial charge in [0.05, 0.1) is 14.2 Å². The van der Waals surface area contributed by atoms with Crippen molar-refractivity contribution < 1.29 is 14.3 Å². The molecule has 1 heterocycles. The van der Waals surface area contributed by atoms with Gasteiger partial charge < -0.3 is 20.1 Å². The highest BCUT2D eigenvalue weighted by atomic mass is 16.5. The topological polar surface area (TPSA) is 72.5 Å². The SMILES string of the molecule is COc1ccc(Nc2ccnc(C(=O)NC3CCCC3)c2)cc1OC. The number of pyridine rings is 1. The first-order chi connectivity index (χ1) is 12.2. The van der Waals surface area contributed by atoms with E-state index >= 15 is 0 Å². The van der Waals surface area contributed by atoms with E-state index in [9.17, 15) is 4.79 Å². The second-order valence-electron chi connectivity index (χ2n) is 6.08. The van der Waals surface area contributed by atoms with Gasteiger partial charge in [0, 0.05) is 29.7 Å². The van der Waals surface area contributed by atoms with E-state index in [1.165, 1.54) is 12.8 Å². The molecule has 0 spiro atoms. The van der Waals surface area contributed by atoms with Crippen molar-refractivity contribution in [2.45, 2.75) is 31.7 Å². The van der Waals surface area contributed by atoms with Gasteiger partial charge in [-0.25, -0.2) is 0 Å². The molecule has 1 aliphatic carbocycles. The summed E-state index contributed by atoms with van der Waals surface area (Å²) in [6.45, 7) is 0. The Bertz CT molecular complexity index is 742. The molecule has 132 valence electrons. The van der Waals surface area contributed by atoms with Gasteiger partial charge in [0.15, 0.2) is 11.5 Å². The summed E-state index contributed by atoms with van der Waals surface area (Å²) in [4.78, 5) is 16.5. The molecule has 0 unspecified atom stereocenters. The number of ether oxygens (including phenoxy) is 2. The number of amides is 1. The zero-order valence-corrected chi connectivity index (χ0v) is 14.5. The Balaban J connectivity index is 1.72. The first-order valence-corrected chi connectivity index (χ1v) is 8.45. The summed E-state index contributed by atoms with van der Waals surface area (Å²) in [5.41, 5.74) is 2.04. The van der Waals surface area contributed by atoms with Crippen LogP contribution in [0.4, 0.5) is 11.4 Å². The molecule has 1 fully saturated rings. The number of rotatable bonds is 6. The van der Waals surface area contributed by atoms with Gasteiger partial charge in [-0.1, -0.05) is 12.8 Å². The van der Waals surface area contributed by atoms with Crippen LogP contribution in [0.25, 0.3) is 0 Å². The second kappa shape index (κ2) is 7.88. The van der Waals surface area contributed by atoms with Crippen LogP contribution in [0, 0.1) is 0 Å². The molecule has 0 aliphatic heterocycles. The van der Waals surface area contributed by atoms with E-state index < -0.39 is 0 Å². The number of carbonyl (C=O) groups excluding carboxylic acids is 1. The number of hydrogen-bond donors (Lipinski definition) is 2. The Morgan fingerprint density at radius 2 is 1.76 bits per heavy atom. The molecule has 3 rings (SSSR count). The van der Waals surface area contributed by atoms with Crippen LogP contribution >= 0.6 is 0 Å². The summed E-state index contributed by atoms with van der Waals surface area (Å²) in [6, 6.07) is 9.41. The minimum absolute atomic E-state index is 0.122. The molecule has 2 aromatic rings. The lowest BCUT2D eigenvalue weighted by Crippen LogP contribution is -2.33. The number of benzene rings is 1. The maximum atomic E-state index is 12.4. The van der Waals surface area contributed by atoms with Crippen molar-refractivity contribution in [3.63, 3.8) is 0 Å². The summed E-state index contributed by atoms with van der Waals surface area (Å²) in [7, 11) is 3.20. The number of nitrogens with one attached hydrogen (secondary N) is 2. The van der Waals surface area contributed by atoms with Crippen molar-refractivity contribution in [2.75, 3.05) is 19.5 Å². The average Bonchev–Trinajstić information content (AvgIpc) is 3.14. The van der Waals surface area contributed by atoms with Crippen molar-refractivity contribution in [1.82, 2.24) is 10.3 Å². The highest BCUT2D eigenvalue weighted by Crippen LogP contribution is 2.31. The van der Waals surface area contributed by atoms with E-state index in [2.05, 4.69) is 15.6 Å². The molecular weight excluding hydrogens is 318 g/mol. The van der Waals surface area contributed by atoms with E-state index in [0.29, 0.717) is 17.2 Å². The molecule has 1 aromatic heterocycles. The molecule has 1 aromatic carbocycles. The zero-order chi connectivity index (χ0) is 17.6. The molecule has 0 saturated heterocycles. The third-order valence-corrected chi connectivity index (χ3v) is 4.36. The van der Waals surface area contributed by atoms with Crippen LogP contribution in [0.15, 0.2) is 36.5 Å². The van der Waals surface area contributed by atoms with Crippen molar-refractivity contribution >= 4 is 17.3 Å². The smallest absolute Gasteiger partial charge is 0.270 e. The lowest BCUT2D eigenvalue weighted by molar-refractivity contribution is 0.0933. The molecule has 6 heteroatoms. The molecule has 1 aliphatic rings. The van der Waals surface area contributed by atoms with E-state index in [1.54, 1.807) is 26.5 Å². The van der Waals surface area contributed by atoms with Crippen LogP contribution in [0.1, 0.15) is 36.2 Å². The van der Waals surface area contributed by atoms with E-state index in [0.717, 1.165) is 24.2 Å². The second-order valence-corrected chi connectivity index (χ2v) is 6.08. The molecule has 6 nitrogen and oxygen atoms in total. The first-order valence-electron chi connectivity index (χ1n) is 8.45. The maximum absolute atomic E-state index is 12.4. The number of methoxy groups -OCH3 is 2. The lowest BCUT2D eigenvalue weighted by atomic mass is 10.2. The predicted molar refractivity (Wildman–Crippen MR) is 96.8 cm³/mol. The Hall–Kier alpha value is -2.76. The number of nitrogens with zero attached hydrogens (tertiary/aromatic N) is 1. The quantitative estimate of drug-likeness (QED) is 0.841. The first kappa shape index (κ1) is 17.1. The third kappa shape index (κ3) is 4.21. The lowest BCUT2D eigenvalue weighted by Gasteiger charge is -2.13. The summed E-state index contributed by atoms with van der Waals surface area (Å²) in [5, 5.41) is 6.32. The monoisotopic (exact) mass is 341 g/mol. The Labute approximate surface area is 147 Å². The standard InChI is InChI=1S/C19H23N3O3/c1-24-17-8-7-14(12-18(17)25-2)21-15-9-10-20-16(11-15)19(23)22-13-5-3-4-6-13/h7-13H,3-6H2,1-2H3,(H,20,21)(H,22,23).